The lowest BCUT2D eigenvalue weighted by molar-refractivity contribution is 0.507. The second kappa shape index (κ2) is 7.24. The molecule has 0 saturated carbocycles. The van der Waals surface area contributed by atoms with Crippen LogP contribution in [0.25, 0.3) is 28.1 Å². The molecular weight excluding hydrogens is 350 g/mol. The summed E-state index contributed by atoms with van der Waals surface area (Å²) < 4.78 is 31.4. The Bertz CT molecular complexity index is 1070. The van der Waals surface area contributed by atoms with Crippen LogP contribution in [0.3, 0.4) is 0 Å². The van der Waals surface area contributed by atoms with Crippen LogP contribution in [0.1, 0.15) is 25.0 Å². The smallest absolute Gasteiger partial charge is 0.221 e. The molecule has 0 radical (unpaired) electrons. The van der Waals surface area contributed by atoms with Crippen LogP contribution in [0.5, 0.6) is 0 Å². The lowest BCUT2D eigenvalue weighted by atomic mass is 10.0. The standard InChI is InChI=1S/C19H17F2N5.H3N/c1-3-11-10-14-15(17(21)16(11)20)13(4-2)18(19-22-24-25-23-19)26(14)12-8-6-5-7-9-12;/h5-10H,3-4H2,1-2H3,(H,22,23,24,25);1H3. The van der Waals surface area contributed by atoms with E-state index in [1.807, 2.05) is 41.8 Å². The summed E-state index contributed by atoms with van der Waals surface area (Å²) in [6.07, 6.45) is 0.902. The zero-order valence-electron chi connectivity index (χ0n) is 15.1. The van der Waals surface area contributed by atoms with Gasteiger partial charge in [0.1, 0.15) is 0 Å². The zero-order valence-corrected chi connectivity index (χ0v) is 15.1. The number of tetrazole rings is 1. The molecule has 4 aromatic rings. The molecule has 27 heavy (non-hydrogen) atoms. The van der Waals surface area contributed by atoms with Crippen molar-refractivity contribution in [3.8, 4) is 17.2 Å². The van der Waals surface area contributed by atoms with E-state index in [0.29, 0.717) is 41.0 Å². The van der Waals surface area contributed by atoms with Gasteiger partial charge >= 0.3 is 0 Å². The van der Waals surface area contributed by atoms with Crippen LogP contribution in [-0.2, 0) is 12.8 Å². The van der Waals surface area contributed by atoms with E-state index >= 15 is 0 Å². The molecule has 0 bridgehead atoms. The third-order valence-electron chi connectivity index (χ3n) is 4.62. The fraction of sp³-hybridized carbons (Fsp3) is 0.211. The summed E-state index contributed by atoms with van der Waals surface area (Å²) >= 11 is 0. The van der Waals surface area contributed by atoms with Gasteiger partial charge in [-0.15, -0.1) is 10.2 Å². The number of H-pyrrole nitrogens is 1. The Morgan fingerprint density at radius 3 is 2.37 bits per heavy atom. The number of aryl methyl sites for hydroxylation is 2. The van der Waals surface area contributed by atoms with Crippen LogP contribution >= 0.6 is 0 Å². The van der Waals surface area contributed by atoms with Gasteiger partial charge in [-0.05, 0) is 47.4 Å². The topological polar surface area (TPSA) is 94.4 Å². The Morgan fingerprint density at radius 2 is 1.78 bits per heavy atom. The van der Waals surface area contributed by atoms with E-state index in [9.17, 15) is 8.78 Å². The molecule has 0 aliphatic heterocycles. The number of nitrogens with zero attached hydrogens (tertiary/aromatic N) is 4. The molecule has 6 nitrogen and oxygen atoms in total. The number of benzene rings is 2. The first kappa shape index (κ1) is 18.7. The molecular formula is C19H20F2N6. The quantitative estimate of drug-likeness (QED) is 0.557. The predicted molar refractivity (Wildman–Crippen MR) is 100 cm³/mol. The average Bonchev–Trinajstić information content (AvgIpc) is 3.30. The van der Waals surface area contributed by atoms with Gasteiger partial charge in [0.15, 0.2) is 11.6 Å². The Morgan fingerprint density at radius 1 is 1.04 bits per heavy atom. The molecule has 0 atom stereocenters. The van der Waals surface area contributed by atoms with Crippen LogP contribution in [0.4, 0.5) is 8.78 Å². The van der Waals surface area contributed by atoms with Gasteiger partial charge in [0.2, 0.25) is 5.82 Å². The second-order valence-corrected chi connectivity index (χ2v) is 6.00. The van der Waals surface area contributed by atoms with Gasteiger partial charge in [0.25, 0.3) is 0 Å². The molecule has 2 heterocycles. The summed E-state index contributed by atoms with van der Waals surface area (Å²) in [5, 5.41) is 14.5. The first-order chi connectivity index (χ1) is 12.7. The molecule has 140 valence electrons. The summed E-state index contributed by atoms with van der Waals surface area (Å²) in [5.41, 5.74) is 3.04. The van der Waals surface area contributed by atoms with Crippen molar-refractivity contribution < 1.29 is 8.78 Å². The van der Waals surface area contributed by atoms with E-state index in [0.717, 1.165) is 5.69 Å². The molecule has 0 aliphatic rings. The molecule has 2 aromatic carbocycles. The van der Waals surface area contributed by atoms with E-state index in [1.54, 1.807) is 13.0 Å². The number of hydrogen-bond acceptors (Lipinski definition) is 4. The van der Waals surface area contributed by atoms with E-state index < -0.39 is 11.6 Å². The highest BCUT2D eigenvalue weighted by Crippen LogP contribution is 2.38. The number of halogens is 2. The Hall–Kier alpha value is -3.13. The van der Waals surface area contributed by atoms with Crippen LogP contribution in [0.15, 0.2) is 36.4 Å². The number of aromatic nitrogens is 5. The van der Waals surface area contributed by atoms with Gasteiger partial charge in [-0.25, -0.2) is 8.78 Å². The van der Waals surface area contributed by atoms with Crippen molar-refractivity contribution >= 4 is 10.9 Å². The summed E-state index contributed by atoms with van der Waals surface area (Å²) in [6, 6.07) is 11.2. The number of para-hydroxylation sites is 1. The van der Waals surface area contributed by atoms with E-state index in [1.165, 1.54) is 0 Å². The highest BCUT2D eigenvalue weighted by atomic mass is 19.2. The lowest BCUT2D eigenvalue weighted by Gasteiger charge is -2.10. The van der Waals surface area contributed by atoms with Crippen LogP contribution in [0.2, 0.25) is 0 Å². The lowest BCUT2D eigenvalue weighted by Crippen LogP contribution is -2.00. The van der Waals surface area contributed by atoms with Crippen molar-refractivity contribution in [2.75, 3.05) is 0 Å². The fourth-order valence-electron chi connectivity index (χ4n) is 3.44. The highest BCUT2D eigenvalue weighted by Gasteiger charge is 2.26. The normalized spacial score (nSPS) is 11.0. The molecule has 2 aromatic heterocycles. The molecule has 0 aliphatic carbocycles. The van der Waals surface area contributed by atoms with Crippen molar-refractivity contribution in [3.05, 3.63) is 59.2 Å². The molecule has 4 N–H and O–H groups in total. The number of hydrogen-bond donors (Lipinski definition) is 2. The predicted octanol–water partition coefficient (Wildman–Crippen LogP) is 4.38. The van der Waals surface area contributed by atoms with Crippen LogP contribution in [-0.4, -0.2) is 25.2 Å². The van der Waals surface area contributed by atoms with Crippen LogP contribution < -0.4 is 6.15 Å². The Balaban J connectivity index is 0.00000210. The van der Waals surface area contributed by atoms with Gasteiger partial charge in [-0.3, -0.25) is 0 Å². The maximum absolute atomic E-state index is 15.0. The van der Waals surface area contributed by atoms with Crippen molar-refractivity contribution in [2.45, 2.75) is 26.7 Å². The molecule has 0 amide bonds. The highest BCUT2D eigenvalue weighted by molar-refractivity contribution is 5.93. The number of fused-ring (bicyclic) bond motifs is 1. The first-order valence-corrected chi connectivity index (χ1v) is 8.50. The minimum Gasteiger partial charge on any atom is -0.344 e. The van der Waals surface area contributed by atoms with E-state index in [-0.39, 0.29) is 11.5 Å². The Kier molecular flexibility index (Phi) is 5.00. The molecule has 4 rings (SSSR count). The SMILES string of the molecule is CCc1cc2c(c(F)c1F)c(CC)c(-c1nn[nH]n1)n2-c1ccccc1.N. The monoisotopic (exact) mass is 370 g/mol. The second-order valence-electron chi connectivity index (χ2n) is 6.00. The minimum atomic E-state index is -0.823. The third kappa shape index (κ3) is 2.78. The molecule has 0 spiro atoms. The number of aromatic amines is 1. The zero-order chi connectivity index (χ0) is 18.3. The summed E-state index contributed by atoms with van der Waals surface area (Å²) in [7, 11) is 0. The summed E-state index contributed by atoms with van der Waals surface area (Å²) in [5.74, 6) is -1.27. The van der Waals surface area contributed by atoms with Gasteiger partial charge < -0.3 is 10.7 Å². The van der Waals surface area contributed by atoms with Gasteiger partial charge in [-0.2, -0.15) is 5.21 Å². The largest absolute Gasteiger partial charge is 0.344 e. The molecule has 0 unspecified atom stereocenters. The number of rotatable bonds is 4. The maximum atomic E-state index is 15.0. The van der Waals surface area contributed by atoms with Gasteiger partial charge in [-0.1, -0.05) is 32.0 Å². The van der Waals surface area contributed by atoms with Crippen molar-refractivity contribution in [1.29, 1.82) is 0 Å². The summed E-state index contributed by atoms with van der Waals surface area (Å²) in [4.78, 5) is 0. The van der Waals surface area contributed by atoms with E-state index in [2.05, 4.69) is 20.6 Å². The molecule has 0 fully saturated rings. The van der Waals surface area contributed by atoms with Gasteiger partial charge in [0.05, 0.1) is 11.2 Å². The van der Waals surface area contributed by atoms with Gasteiger partial charge in [0, 0.05) is 11.1 Å². The Labute approximate surface area is 154 Å². The maximum Gasteiger partial charge on any atom is 0.221 e. The molecule has 8 heteroatoms. The summed E-state index contributed by atoms with van der Waals surface area (Å²) in [6.45, 7) is 3.71. The number of nitrogens with one attached hydrogen (secondary N) is 1. The van der Waals surface area contributed by atoms with Crippen molar-refractivity contribution in [3.63, 3.8) is 0 Å². The minimum absolute atomic E-state index is 0. The fourth-order valence-corrected chi connectivity index (χ4v) is 3.44. The third-order valence-corrected chi connectivity index (χ3v) is 4.62. The van der Waals surface area contributed by atoms with Crippen LogP contribution in [0, 0.1) is 11.6 Å². The average molecular weight is 370 g/mol. The van der Waals surface area contributed by atoms with Crippen molar-refractivity contribution in [1.82, 2.24) is 31.3 Å². The van der Waals surface area contributed by atoms with Crippen molar-refractivity contribution in [2.24, 2.45) is 0 Å². The first-order valence-electron chi connectivity index (χ1n) is 8.50. The van der Waals surface area contributed by atoms with E-state index in [4.69, 9.17) is 0 Å². The molecule has 0 saturated heterocycles.